The third kappa shape index (κ3) is 2.80. The predicted molar refractivity (Wildman–Crippen MR) is 86.3 cm³/mol. The zero-order valence-electron chi connectivity index (χ0n) is 11.8. The number of rotatable bonds is 3. The molecule has 2 rings (SSSR count). The van der Waals surface area contributed by atoms with E-state index in [1.54, 1.807) is 6.07 Å². The quantitative estimate of drug-likeness (QED) is 0.870. The standard InChI is InChI=1S/C16H17FN2S/c1-10-7-11(2)9-12(8-10)19(3)14-6-4-5-13(17)15(14)16(18)20/h4-9H,1-3H3,(H2,18,20). The first-order chi connectivity index (χ1) is 9.40. The van der Waals surface area contributed by atoms with Gasteiger partial charge in [-0.1, -0.05) is 24.4 Å². The van der Waals surface area contributed by atoms with Crippen LogP contribution in [0.2, 0.25) is 0 Å². The van der Waals surface area contributed by atoms with Crippen molar-refractivity contribution in [3.8, 4) is 0 Å². The van der Waals surface area contributed by atoms with Crippen molar-refractivity contribution in [1.29, 1.82) is 0 Å². The third-order valence-corrected chi connectivity index (χ3v) is 3.40. The minimum absolute atomic E-state index is 0.0642. The smallest absolute Gasteiger partial charge is 0.135 e. The van der Waals surface area contributed by atoms with Gasteiger partial charge in [-0.15, -0.1) is 0 Å². The van der Waals surface area contributed by atoms with E-state index in [-0.39, 0.29) is 10.6 Å². The summed E-state index contributed by atoms with van der Waals surface area (Å²) in [6, 6.07) is 11.0. The summed E-state index contributed by atoms with van der Waals surface area (Å²) >= 11 is 4.97. The Morgan fingerprint density at radius 2 is 1.75 bits per heavy atom. The van der Waals surface area contributed by atoms with Gasteiger partial charge in [-0.25, -0.2) is 4.39 Å². The lowest BCUT2D eigenvalue weighted by atomic mass is 10.1. The van der Waals surface area contributed by atoms with Crippen LogP contribution in [0.3, 0.4) is 0 Å². The van der Waals surface area contributed by atoms with Gasteiger partial charge in [0, 0.05) is 12.7 Å². The molecule has 0 bridgehead atoms. The van der Waals surface area contributed by atoms with E-state index >= 15 is 0 Å². The van der Waals surface area contributed by atoms with Crippen LogP contribution in [0.4, 0.5) is 15.8 Å². The second-order valence-corrected chi connectivity index (χ2v) is 5.34. The van der Waals surface area contributed by atoms with E-state index in [1.165, 1.54) is 6.07 Å². The van der Waals surface area contributed by atoms with Gasteiger partial charge in [0.05, 0.1) is 11.3 Å². The van der Waals surface area contributed by atoms with Crippen molar-refractivity contribution in [2.24, 2.45) is 5.73 Å². The molecule has 2 N–H and O–H groups in total. The molecule has 2 aromatic carbocycles. The van der Waals surface area contributed by atoms with E-state index in [1.807, 2.05) is 44.0 Å². The summed E-state index contributed by atoms with van der Waals surface area (Å²) in [5.74, 6) is -0.397. The van der Waals surface area contributed by atoms with Gasteiger partial charge >= 0.3 is 0 Å². The molecule has 2 aromatic rings. The minimum atomic E-state index is -0.397. The lowest BCUT2D eigenvalue weighted by Crippen LogP contribution is -2.19. The van der Waals surface area contributed by atoms with Crippen LogP contribution < -0.4 is 10.6 Å². The van der Waals surface area contributed by atoms with Crippen LogP contribution in [0, 0.1) is 19.7 Å². The molecule has 0 unspecified atom stereocenters. The molecule has 0 atom stereocenters. The summed E-state index contributed by atoms with van der Waals surface area (Å²) < 4.78 is 13.9. The molecule has 0 spiro atoms. The summed E-state index contributed by atoms with van der Waals surface area (Å²) in [5, 5.41) is 0. The number of benzene rings is 2. The highest BCUT2D eigenvalue weighted by atomic mass is 32.1. The molecule has 0 saturated carbocycles. The maximum absolute atomic E-state index is 13.9. The van der Waals surface area contributed by atoms with Gasteiger partial charge in [-0.2, -0.15) is 0 Å². The SMILES string of the molecule is Cc1cc(C)cc(N(C)c2cccc(F)c2C(N)=S)c1. The van der Waals surface area contributed by atoms with Crippen LogP contribution in [-0.2, 0) is 0 Å². The molecule has 0 radical (unpaired) electrons. The Kier molecular flexibility index (Phi) is 4.04. The van der Waals surface area contributed by atoms with E-state index in [2.05, 4.69) is 6.07 Å². The molecule has 0 aliphatic heterocycles. The molecule has 0 heterocycles. The molecule has 0 aromatic heterocycles. The molecule has 104 valence electrons. The maximum Gasteiger partial charge on any atom is 0.135 e. The number of hydrogen-bond donors (Lipinski definition) is 1. The topological polar surface area (TPSA) is 29.3 Å². The van der Waals surface area contributed by atoms with Gasteiger partial charge in [-0.3, -0.25) is 0 Å². The van der Waals surface area contributed by atoms with Gasteiger partial charge in [0.1, 0.15) is 10.8 Å². The highest BCUT2D eigenvalue weighted by molar-refractivity contribution is 7.80. The van der Waals surface area contributed by atoms with Crippen LogP contribution in [0.5, 0.6) is 0 Å². The summed E-state index contributed by atoms with van der Waals surface area (Å²) in [7, 11) is 1.88. The number of halogens is 1. The number of nitrogens with zero attached hydrogens (tertiary/aromatic N) is 1. The Labute approximate surface area is 124 Å². The maximum atomic E-state index is 13.9. The van der Waals surface area contributed by atoms with Crippen LogP contribution in [-0.4, -0.2) is 12.0 Å². The Balaban J connectivity index is 2.56. The van der Waals surface area contributed by atoms with Gasteiger partial charge in [0.2, 0.25) is 0 Å². The Bertz CT molecular complexity index is 647. The van der Waals surface area contributed by atoms with Crippen molar-refractivity contribution < 1.29 is 4.39 Å². The van der Waals surface area contributed by atoms with E-state index < -0.39 is 5.82 Å². The van der Waals surface area contributed by atoms with Crippen molar-refractivity contribution in [1.82, 2.24) is 0 Å². The van der Waals surface area contributed by atoms with Crippen molar-refractivity contribution >= 4 is 28.6 Å². The molecule has 0 aliphatic carbocycles. The fourth-order valence-electron chi connectivity index (χ4n) is 2.32. The van der Waals surface area contributed by atoms with Crippen LogP contribution in [0.15, 0.2) is 36.4 Å². The number of thiocarbonyl (C=S) groups is 1. The summed E-state index contributed by atoms with van der Waals surface area (Å²) in [6.07, 6.45) is 0. The summed E-state index contributed by atoms with van der Waals surface area (Å²) in [6.45, 7) is 4.06. The van der Waals surface area contributed by atoms with Crippen molar-refractivity contribution in [2.75, 3.05) is 11.9 Å². The second-order valence-electron chi connectivity index (χ2n) is 4.90. The molecule has 20 heavy (non-hydrogen) atoms. The highest BCUT2D eigenvalue weighted by Gasteiger charge is 2.15. The first-order valence-corrected chi connectivity index (χ1v) is 6.71. The molecule has 0 aliphatic rings. The largest absolute Gasteiger partial charge is 0.389 e. The van der Waals surface area contributed by atoms with Crippen LogP contribution in [0.25, 0.3) is 0 Å². The van der Waals surface area contributed by atoms with Crippen LogP contribution >= 0.6 is 12.2 Å². The lowest BCUT2D eigenvalue weighted by molar-refractivity contribution is 0.625. The lowest BCUT2D eigenvalue weighted by Gasteiger charge is -2.23. The predicted octanol–water partition coefficient (Wildman–Crippen LogP) is 3.84. The molecule has 0 saturated heterocycles. The first-order valence-electron chi connectivity index (χ1n) is 6.30. The molecule has 2 nitrogen and oxygen atoms in total. The molecular formula is C16H17FN2S. The number of anilines is 2. The van der Waals surface area contributed by atoms with Gasteiger partial charge in [-0.05, 0) is 49.2 Å². The zero-order chi connectivity index (χ0) is 14.9. The molecule has 0 amide bonds. The first kappa shape index (κ1) is 14.5. The van der Waals surface area contributed by atoms with Crippen molar-refractivity contribution in [3.05, 3.63) is 58.9 Å². The van der Waals surface area contributed by atoms with E-state index in [0.29, 0.717) is 5.69 Å². The van der Waals surface area contributed by atoms with Gasteiger partial charge in [0.25, 0.3) is 0 Å². The van der Waals surface area contributed by atoms with E-state index in [4.69, 9.17) is 18.0 Å². The molecule has 0 fully saturated rings. The minimum Gasteiger partial charge on any atom is -0.389 e. The number of nitrogens with two attached hydrogens (primary N) is 1. The van der Waals surface area contributed by atoms with Gasteiger partial charge < -0.3 is 10.6 Å². The number of aryl methyl sites for hydroxylation is 2. The van der Waals surface area contributed by atoms with Crippen molar-refractivity contribution in [2.45, 2.75) is 13.8 Å². The Morgan fingerprint density at radius 3 is 2.30 bits per heavy atom. The molecule has 4 heteroatoms. The monoisotopic (exact) mass is 288 g/mol. The Hall–Kier alpha value is -1.94. The fraction of sp³-hybridized carbons (Fsp3) is 0.188. The van der Waals surface area contributed by atoms with E-state index in [9.17, 15) is 4.39 Å². The van der Waals surface area contributed by atoms with Crippen molar-refractivity contribution in [3.63, 3.8) is 0 Å². The fourth-order valence-corrected chi connectivity index (χ4v) is 2.52. The molecular weight excluding hydrogens is 271 g/mol. The normalized spacial score (nSPS) is 10.4. The average Bonchev–Trinajstić information content (AvgIpc) is 2.35. The second kappa shape index (κ2) is 5.59. The average molecular weight is 288 g/mol. The Morgan fingerprint density at radius 1 is 1.15 bits per heavy atom. The van der Waals surface area contributed by atoms with E-state index in [0.717, 1.165) is 16.8 Å². The number of hydrogen-bond acceptors (Lipinski definition) is 2. The third-order valence-electron chi connectivity index (χ3n) is 3.19. The zero-order valence-corrected chi connectivity index (χ0v) is 12.6. The van der Waals surface area contributed by atoms with Gasteiger partial charge in [0.15, 0.2) is 0 Å². The highest BCUT2D eigenvalue weighted by Crippen LogP contribution is 2.29. The summed E-state index contributed by atoms with van der Waals surface area (Å²) in [4.78, 5) is 1.96. The summed E-state index contributed by atoms with van der Waals surface area (Å²) in [5.41, 5.74) is 9.89. The van der Waals surface area contributed by atoms with Crippen LogP contribution in [0.1, 0.15) is 16.7 Å².